The van der Waals surface area contributed by atoms with Gasteiger partial charge in [-0.2, -0.15) is 4.98 Å². The SMILES string of the molecule is Oc1cncc(-c2nc(-c3cnccn3)no2)c1. The first-order valence-electron chi connectivity index (χ1n) is 5.07. The third-order valence-electron chi connectivity index (χ3n) is 2.19. The van der Waals surface area contributed by atoms with Crippen molar-refractivity contribution in [2.75, 3.05) is 0 Å². The Kier molecular flexibility index (Phi) is 2.41. The highest BCUT2D eigenvalue weighted by Crippen LogP contribution is 2.22. The molecule has 0 spiro atoms. The van der Waals surface area contributed by atoms with E-state index in [2.05, 4.69) is 25.1 Å². The molecule has 7 nitrogen and oxygen atoms in total. The van der Waals surface area contributed by atoms with E-state index in [0.29, 0.717) is 17.1 Å². The van der Waals surface area contributed by atoms with Crippen molar-refractivity contribution in [3.8, 4) is 28.7 Å². The van der Waals surface area contributed by atoms with E-state index in [1.54, 1.807) is 12.4 Å². The van der Waals surface area contributed by atoms with E-state index >= 15 is 0 Å². The molecule has 0 saturated carbocycles. The van der Waals surface area contributed by atoms with Gasteiger partial charge in [0.05, 0.1) is 18.0 Å². The summed E-state index contributed by atoms with van der Waals surface area (Å²) in [5.74, 6) is 0.632. The fourth-order valence-corrected chi connectivity index (χ4v) is 1.40. The molecule has 0 aliphatic heterocycles. The van der Waals surface area contributed by atoms with Gasteiger partial charge in [-0.1, -0.05) is 5.16 Å². The second-order valence-corrected chi connectivity index (χ2v) is 3.45. The van der Waals surface area contributed by atoms with Crippen LogP contribution in [-0.4, -0.2) is 30.2 Å². The van der Waals surface area contributed by atoms with Crippen LogP contribution in [-0.2, 0) is 0 Å². The highest BCUT2D eigenvalue weighted by molar-refractivity contribution is 5.57. The summed E-state index contributed by atoms with van der Waals surface area (Å²) in [4.78, 5) is 16.0. The van der Waals surface area contributed by atoms with Gasteiger partial charge in [-0.25, -0.2) is 4.98 Å². The zero-order valence-corrected chi connectivity index (χ0v) is 9.06. The third kappa shape index (κ3) is 1.88. The molecule has 0 radical (unpaired) electrons. The lowest BCUT2D eigenvalue weighted by Gasteiger charge is -1.93. The van der Waals surface area contributed by atoms with E-state index < -0.39 is 0 Å². The molecular weight excluding hydrogens is 234 g/mol. The molecule has 0 aromatic carbocycles. The van der Waals surface area contributed by atoms with E-state index in [0.717, 1.165) is 0 Å². The number of nitrogens with zero attached hydrogens (tertiary/aromatic N) is 5. The molecule has 0 bridgehead atoms. The van der Waals surface area contributed by atoms with Crippen LogP contribution in [0.3, 0.4) is 0 Å². The van der Waals surface area contributed by atoms with Crippen molar-refractivity contribution in [2.45, 2.75) is 0 Å². The maximum absolute atomic E-state index is 9.32. The monoisotopic (exact) mass is 241 g/mol. The fraction of sp³-hybridized carbons (Fsp3) is 0. The summed E-state index contributed by atoms with van der Waals surface area (Å²) < 4.78 is 5.08. The summed E-state index contributed by atoms with van der Waals surface area (Å²) >= 11 is 0. The molecule has 18 heavy (non-hydrogen) atoms. The fourth-order valence-electron chi connectivity index (χ4n) is 1.40. The summed E-state index contributed by atoms with van der Waals surface area (Å²) in [5, 5.41) is 13.1. The summed E-state index contributed by atoms with van der Waals surface area (Å²) in [6, 6.07) is 1.49. The molecule has 0 amide bonds. The Labute approximate surface area is 101 Å². The molecule has 1 N–H and O–H groups in total. The van der Waals surface area contributed by atoms with Crippen LogP contribution in [0.25, 0.3) is 23.0 Å². The van der Waals surface area contributed by atoms with Gasteiger partial charge in [0.1, 0.15) is 11.4 Å². The van der Waals surface area contributed by atoms with Gasteiger partial charge in [0.15, 0.2) is 0 Å². The lowest BCUT2D eigenvalue weighted by atomic mass is 10.3. The molecule has 0 saturated heterocycles. The first kappa shape index (κ1) is 10.3. The van der Waals surface area contributed by atoms with E-state index in [1.807, 2.05) is 0 Å². The summed E-state index contributed by atoms with van der Waals surface area (Å²) in [6.07, 6.45) is 7.48. The highest BCUT2D eigenvalue weighted by atomic mass is 16.5. The average molecular weight is 241 g/mol. The Hall–Kier alpha value is -2.83. The van der Waals surface area contributed by atoms with Crippen molar-refractivity contribution in [1.82, 2.24) is 25.1 Å². The Morgan fingerprint density at radius 1 is 1.06 bits per heavy atom. The number of aromatic nitrogens is 5. The van der Waals surface area contributed by atoms with Crippen LogP contribution in [0, 0.1) is 0 Å². The average Bonchev–Trinajstić information content (AvgIpc) is 2.89. The van der Waals surface area contributed by atoms with Crippen LogP contribution in [0.4, 0.5) is 0 Å². The Balaban J connectivity index is 2.00. The Morgan fingerprint density at radius 3 is 2.78 bits per heavy atom. The molecule has 0 fully saturated rings. The number of hydrogen-bond donors (Lipinski definition) is 1. The maximum atomic E-state index is 9.32. The van der Waals surface area contributed by atoms with Crippen molar-refractivity contribution in [3.05, 3.63) is 37.1 Å². The van der Waals surface area contributed by atoms with Crippen molar-refractivity contribution < 1.29 is 9.63 Å². The van der Waals surface area contributed by atoms with Crippen LogP contribution in [0.1, 0.15) is 0 Å². The highest BCUT2D eigenvalue weighted by Gasteiger charge is 2.12. The third-order valence-corrected chi connectivity index (χ3v) is 2.19. The van der Waals surface area contributed by atoms with E-state index in [4.69, 9.17) is 4.52 Å². The smallest absolute Gasteiger partial charge is 0.259 e. The van der Waals surface area contributed by atoms with Crippen molar-refractivity contribution >= 4 is 0 Å². The molecule has 3 rings (SSSR count). The van der Waals surface area contributed by atoms with Crippen molar-refractivity contribution in [3.63, 3.8) is 0 Å². The normalized spacial score (nSPS) is 10.4. The molecule has 3 aromatic heterocycles. The Bertz CT molecular complexity index is 668. The maximum Gasteiger partial charge on any atom is 0.259 e. The first-order chi connectivity index (χ1) is 8.83. The minimum atomic E-state index is 0.0340. The van der Waals surface area contributed by atoms with Gasteiger partial charge in [0.2, 0.25) is 5.82 Å². The number of rotatable bonds is 2. The van der Waals surface area contributed by atoms with Crippen LogP contribution in [0.5, 0.6) is 5.75 Å². The topological polar surface area (TPSA) is 97.8 Å². The van der Waals surface area contributed by atoms with E-state index in [1.165, 1.54) is 24.7 Å². The number of aromatic hydroxyl groups is 1. The lowest BCUT2D eigenvalue weighted by molar-refractivity contribution is 0.431. The van der Waals surface area contributed by atoms with Gasteiger partial charge in [0.25, 0.3) is 5.89 Å². The van der Waals surface area contributed by atoms with Gasteiger partial charge in [-0.3, -0.25) is 9.97 Å². The summed E-state index contributed by atoms with van der Waals surface area (Å²) in [5.41, 5.74) is 1.05. The molecule has 3 heterocycles. The van der Waals surface area contributed by atoms with Crippen LogP contribution in [0.15, 0.2) is 41.6 Å². The number of pyridine rings is 1. The van der Waals surface area contributed by atoms with Gasteiger partial charge in [-0.15, -0.1) is 0 Å². The second-order valence-electron chi connectivity index (χ2n) is 3.45. The second kappa shape index (κ2) is 4.21. The molecular formula is C11H7N5O2. The Morgan fingerprint density at radius 2 is 2.00 bits per heavy atom. The predicted octanol–water partition coefficient (Wildman–Crippen LogP) is 1.29. The molecule has 7 heteroatoms. The van der Waals surface area contributed by atoms with Crippen LogP contribution < -0.4 is 0 Å². The molecule has 88 valence electrons. The lowest BCUT2D eigenvalue weighted by Crippen LogP contribution is -1.86. The van der Waals surface area contributed by atoms with Gasteiger partial charge < -0.3 is 9.63 Å². The predicted molar refractivity (Wildman–Crippen MR) is 60.2 cm³/mol. The molecule has 0 aliphatic carbocycles. The van der Waals surface area contributed by atoms with E-state index in [-0.39, 0.29) is 11.6 Å². The zero-order valence-electron chi connectivity index (χ0n) is 9.06. The molecule has 3 aromatic rings. The zero-order chi connectivity index (χ0) is 12.4. The quantitative estimate of drug-likeness (QED) is 0.721. The van der Waals surface area contributed by atoms with Crippen molar-refractivity contribution in [1.29, 1.82) is 0 Å². The first-order valence-corrected chi connectivity index (χ1v) is 5.07. The number of hydrogen-bond acceptors (Lipinski definition) is 7. The summed E-state index contributed by atoms with van der Waals surface area (Å²) in [6.45, 7) is 0. The van der Waals surface area contributed by atoms with Gasteiger partial charge in [0, 0.05) is 18.6 Å². The van der Waals surface area contributed by atoms with Crippen LogP contribution in [0.2, 0.25) is 0 Å². The summed E-state index contributed by atoms with van der Waals surface area (Å²) in [7, 11) is 0. The minimum absolute atomic E-state index is 0.0340. The standard InChI is InChI=1S/C11H7N5O2/c17-8-3-7(4-13-5-8)11-15-10(16-18-11)9-6-12-1-2-14-9/h1-6,17H. The van der Waals surface area contributed by atoms with E-state index in [9.17, 15) is 5.11 Å². The van der Waals surface area contributed by atoms with Crippen LogP contribution >= 0.6 is 0 Å². The minimum Gasteiger partial charge on any atom is -0.506 e. The molecule has 0 unspecified atom stereocenters. The molecule has 0 atom stereocenters. The largest absolute Gasteiger partial charge is 0.506 e. The molecule has 0 aliphatic rings. The van der Waals surface area contributed by atoms with Crippen molar-refractivity contribution in [2.24, 2.45) is 0 Å². The van der Waals surface area contributed by atoms with Gasteiger partial charge in [-0.05, 0) is 6.07 Å². The van der Waals surface area contributed by atoms with Gasteiger partial charge >= 0.3 is 0 Å².